The molecule has 3 N–H and O–H groups in total. The van der Waals surface area contributed by atoms with E-state index in [9.17, 15) is 18.4 Å². The van der Waals surface area contributed by atoms with Gasteiger partial charge in [-0.15, -0.1) is 10.2 Å². The van der Waals surface area contributed by atoms with Gasteiger partial charge in [-0.2, -0.15) is 0 Å². The smallest absolute Gasteiger partial charge is 0.319 e. The Morgan fingerprint density at radius 1 is 1.12 bits per heavy atom. The number of halogens is 3. The summed E-state index contributed by atoms with van der Waals surface area (Å²) in [5.41, 5.74) is 0.551. The zero-order valence-corrected chi connectivity index (χ0v) is 18.7. The second kappa shape index (κ2) is 10.5. The molecule has 7 nitrogen and oxygen atoms in total. The molecule has 0 saturated heterocycles. The minimum atomic E-state index is -0.929. The Kier molecular flexibility index (Phi) is 7.70. The Bertz CT molecular complexity index is 1130. The number of anilines is 2. The first kappa shape index (κ1) is 23.6. The highest BCUT2D eigenvalue weighted by atomic mass is 35.5. The van der Waals surface area contributed by atoms with E-state index in [0.29, 0.717) is 22.5 Å². The molecule has 0 radical (unpaired) electrons. The van der Waals surface area contributed by atoms with E-state index in [0.717, 1.165) is 29.0 Å². The fourth-order valence-corrected chi connectivity index (χ4v) is 3.72. The highest BCUT2D eigenvalue weighted by Crippen LogP contribution is 2.28. The molecule has 0 spiro atoms. The lowest BCUT2D eigenvalue weighted by Gasteiger charge is -2.23. The molecular formula is C21H20ClF2N5O2S. The van der Waals surface area contributed by atoms with E-state index >= 15 is 0 Å². The maximum atomic E-state index is 13.8. The summed E-state index contributed by atoms with van der Waals surface area (Å²) < 4.78 is 26.9. The first-order chi connectivity index (χ1) is 15.3. The van der Waals surface area contributed by atoms with Crippen molar-refractivity contribution in [3.8, 4) is 10.6 Å². The van der Waals surface area contributed by atoms with E-state index in [4.69, 9.17) is 11.6 Å². The molecule has 1 aromatic heterocycles. The van der Waals surface area contributed by atoms with Crippen LogP contribution in [-0.2, 0) is 4.79 Å². The van der Waals surface area contributed by atoms with Gasteiger partial charge >= 0.3 is 6.03 Å². The monoisotopic (exact) mass is 479 g/mol. The molecule has 2 atom stereocenters. The number of benzene rings is 2. The molecule has 11 heteroatoms. The third-order valence-corrected chi connectivity index (χ3v) is 5.81. The number of hydrogen-bond donors (Lipinski definition) is 3. The summed E-state index contributed by atoms with van der Waals surface area (Å²) in [6, 6.07) is 8.11. The minimum absolute atomic E-state index is 0.206. The molecule has 0 aliphatic carbocycles. The maximum Gasteiger partial charge on any atom is 0.319 e. The van der Waals surface area contributed by atoms with Crippen LogP contribution in [0.15, 0.2) is 42.5 Å². The Morgan fingerprint density at radius 3 is 2.59 bits per heavy atom. The van der Waals surface area contributed by atoms with Crippen molar-refractivity contribution in [1.29, 1.82) is 0 Å². The summed E-state index contributed by atoms with van der Waals surface area (Å²) in [5, 5.41) is 16.9. The zero-order valence-electron chi connectivity index (χ0n) is 17.2. The van der Waals surface area contributed by atoms with Crippen LogP contribution in [0.5, 0.6) is 0 Å². The maximum absolute atomic E-state index is 13.8. The van der Waals surface area contributed by atoms with Gasteiger partial charge in [0.2, 0.25) is 11.0 Å². The fraction of sp³-hybridized carbons (Fsp3) is 0.238. The lowest BCUT2D eigenvalue weighted by Crippen LogP contribution is -2.49. The molecule has 0 saturated carbocycles. The summed E-state index contributed by atoms with van der Waals surface area (Å²) in [4.78, 5) is 25.2. The molecule has 2 aromatic carbocycles. The van der Waals surface area contributed by atoms with Crippen LogP contribution in [0, 0.1) is 17.6 Å². The van der Waals surface area contributed by atoms with Gasteiger partial charge in [0.15, 0.2) is 0 Å². The molecule has 0 unspecified atom stereocenters. The second-order valence-electron chi connectivity index (χ2n) is 7.00. The SMILES string of the molecule is CC[C@H](C)[C@@H](NC(=O)Nc1ccc(F)cc1F)C(=O)Nc1nnc(-c2cccc(Cl)c2)s1. The van der Waals surface area contributed by atoms with Crippen molar-refractivity contribution in [2.75, 3.05) is 10.6 Å². The molecule has 3 rings (SSSR count). The number of nitrogens with zero attached hydrogens (tertiary/aromatic N) is 2. The Morgan fingerprint density at radius 2 is 1.91 bits per heavy atom. The normalized spacial score (nSPS) is 12.7. The summed E-state index contributed by atoms with van der Waals surface area (Å²) in [7, 11) is 0. The fourth-order valence-electron chi connectivity index (χ4n) is 2.79. The van der Waals surface area contributed by atoms with Gasteiger partial charge in [-0.3, -0.25) is 10.1 Å². The molecule has 168 valence electrons. The minimum Gasteiger partial charge on any atom is -0.326 e. The van der Waals surface area contributed by atoms with E-state index < -0.39 is 29.6 Å². The number of urea groups is 1. The number of hydrogen-bond acceptors (Lipinski definition) is 5. The number of rotatable bonds is 7. The molecule has 32 heavy (non-hydrogen) atoms. The third kappa shape index (κ3) is 5.98. The van der Waals surface area contributed by atoms with Gasteiger partial charge in [0.25, 0.3) is 0 Å². The van der Waals surface area contributed by atoms with Crippen LogP contribution in [0.4, 0.5) is 24.4 Å². The van der Waals surface area contributed by atoms with E-state index in [-0.39, 0.29) is 16.7 Å². The summed E-state index contributed by atoms with van der Waals surface area (Å²) in [6.45, 7) is 3.66. The summed E-state index contributed by atoms with van der Waals surface area (Å²) >= 11 is 7.16. The molecule has 0 fully saturated rings. The van der Waals surface area contributed by atoms with Crippen LogP contribution in [0.3, 0.4) is 0 Å². The molecule has 0 bridgehead atoms. The average molecular weight is 480 g/mol. The first-order valence-corrected chi connectivity index (χ1v) is 10.9. The van der Waals surface area contributed by atoms with Crippen LogP contribution >= 0.6 is 22.9 Å². The van der Waals surface area contributed by atoms with Gasteiger partial charge in [0, 0.05) is 16.7 Å². The highest BCUT2D eigenvalue weighted by molar-refractivity contribution is 7.18. The number of carbonyl (C=O) groups excluding carboxylic acids is 2. The molecule has 3 amide bonds. The largest absolute Gasteiger partial charge is 0.326 e. The predicted octanol–water partition coefficient (Wildman–Crippen LogP) is 5.31. The summed E-state index contributed by atoms with van der Waals surface area (Å²) in [5.74, 6) is -2.42. The molecule has 1 heterocycles. The van der Waals surface area contributed by atoms with Crippen molar-refractivity contribution in [2.24, 2.45) is 5.92 Å². The van der Waals surface area contributed by atoms with Crippen molar-refractivity contribution < 1.29 is 18.4 Å². The van der Waals surface area contributed by atoms with Crippen LogP contribution < -0.4 is 16.0 Å². The van der Waals surface area contributed by atoms with Gasteiger partial charge in [-0.05, 0) is 30.2 Å². The number of aromatic nitrogens is 2. The lowest BCUT2D eigenvalue weighted by atomic mass is 9.98. The Balaban J connectivity index is 1.69. The first-order valence-electron chi connectivity index (χ1n) is 9.69. The van der Waals surface area contributed by atoms with Gasteiger partial charge < -0.3 is 10.6 Å². The second-order valence-corrected chi connectivity index (χ2v) is 8.41. The third-order valence-electron chi connectivity index (χ3n) is 4.69. The van der Waals surface area contributed by atoms with E-state index in [1.807, 2.05) is 13.0 Å². The molecule has 0 aliphatic heterocycles. The summed E-state index contributed by atoms with van der Waals surface area (Å²) in [6.07, 6.45) is 0.590. The van der Waals surface area contributed by atoms with Gasteiger partial charge in [-0.1, -0.05) is 55.3 Å². The predicted molar refractivity (Wildman–Crippen MR) is 121 cm³/mol. The van der Waals surface area contributed by atoms with Crippen molar-refractivity contribution in [3.63, 3.8) is 0 Å². The van der Waals surface area contributed by atoms with Crippen LogP contribution in [0.1, 0.15) is 20.3 Å². The van der Waals surface area contributed by atoms with Crippen LogP contribution in [0.25, 0.3) is 10.6 Å². The Labute approximate surface area is 192 Å². The van der Waals surface area contributed by atoms with E-state index in [1.165, 1.54) is 0 Å². The Hall–Kier alpha value is -3.11. The van der Waals surface area contributed by atoms with Crippen molar-refractivity contribution in [2.45, 2.75) is 26.3 Å². The highest BCUT2D eigenvalue weighted by Gasteiger charge is 2.27. The van der Waals surface area contributed by atoms with E-state index in [1.54, 1.807) is 25.1 Å². The number of carbonyl (C=O) groups is 2. The standard InChI is InChI=1S/C21H20ClF2N5O2S/c1-3-11(2)17(26-20(31)25-16-8-7-14(23)10-15(16)24)18(30)27-21-29-28-19(32-21)12-5-4-6-13(22)9-12/h4-11,17H,3H2,1-2H3,(H2,25,26,31)(H,27,29,30)/t11-,17+/m0/s1. The quantitative estimate of drug-likeness (QED) is 0.427. The zero-order chi connectivity index (χ0) is 23.3. The van der Waals surface area contributed by atoms with Crippen LogP contribution in [0.2, 0.25) is 5.02 Å². The molecule has 3 aromatic rings. The van der Waals surface area contributed by atoms with E-state index in [2.05, 4.69) is 26.1 Å². The van der Waals surface area contributed by atoms with Crippen molar-refractivity contribution >= 4 is 45.7 Å². The molecular weight excluding hydrogens is 460 g/mol. The van der Waals surface area contributed by atoms with Gasteiger partial charge in [0.1, 0.15) is 22.7 Å². The van der Waals surface area contributed by atoms with Gasteiger partial charge in [0.05, 0.1) is 5.69 Å². The number of nitrogens with one attached hydrogen (secondary N) is 3. The van der Waals surface area contributed by atoms with Crippen LogP contribution in [-0.4, -0.2) is 28.2 Å². The van der Waals surface area contributed by atoms with Crippen molar-refractivity contribution in [1.82, 2.24) is 15.5 Å². The number of amides is 3. The van der Waals surface area contributed by atoms with Gasteiger partial charge in [-0.25, -0.2) is 13.6 Å². The van der Waals surface area contributed by atoms with Crippen molar-refractivity contribution in [3.05, 3.63) is 59.1 Å². The average Bonchev–Trinajstić information content (AvgIpc) is 3.22. The topological polar surface area (TPSA) is 96.0 Å². The lowest BCUT2D eigenvalue weighted by molar-refractivity contribution is -0.119. The molecule has 0 aliphatic rings.